The minimum atomic E-state index is -3.76. The maximum Gasteiger partial charge on any atom is 0.238 e. The van der Waals surface area contributed by atoms with Crippen molar-refractivity contribution in [3.63, 3.8) is 0 Å². The highest BCUT2D eigenvalue weighted by Gasteiger charge is 2.23. The van der Waals surface area contributed by atoms with Crippen LogP contribution in [0.2, 0.25) is 0 Å². The minimum absolute atomic E-state index is 0.00586. The van der Waals surface area contributed by atoms with Crippen LogP contribution in [-0.2, 0) is 10.0 Å². The number of ether oxygens (including phenoxy) is 1. The summed E-state index contributed by atoms with van der Waals surface area (Å²) in [7, 11) is -3.76. The van der Waals surface area contributed by atoms with Crippen molar-refractivity contribution in [2.24, 2.45) is 5.14 Å². The minimum Gasteiger partial charge on any atom is -0.473 e. The largest absolute Gasteiger partial charge is 0.473 e. The molecule has 27 heavy (non-hydrogen) atoms. The summed E-state index contributed by atoms with van der Waals surface area (Å²) >= 11 is 0. The van der Waals surface area contributed by atoms with Crippen molar-refractivity contribution in [2.45, 2.75) is 42.8 Å². The van der Waals surface area contributed by atoms with Gasteiger partial charge in [0.05, 0.1) is 17.2 Å². The van der Waals surface area contributed by atoms with Gasteiger partial charge in [-0.15, -0.1) is 0 Å². The zero-order valence-electron chi connectivity index (χ0n) is 14.4. The Morgan fingerprint density at radius 3 is 2.67 bits per heavy atom. The molecule has 2 aromatic rings. The lowest BCUT2D eigenvalue weighted by atomic mass is 9.95. The maximum atomic E-state index is 11.3. The van der Waals surface area contributed by atoms with Gasteiger partial charge in [0.2, 0.25) is 21.9 Å². The van der Waals surface area contributed by atoms with Gasteiger partial charge in [0.1, 0.15) is 17.7 Å². The number of nitrogens with two attached hydrogens (primary N) is 1. The number of aliphatic hydroxyl groups is 1. The molecule has 2 atom stereocenters. The van der Waals surface area contributed by atoms with E-state index in [1.54, 1.807) is 0 Å². The number of rotatable bonds is 5. The van der Waals surface area contributed by atoms with Gasteiger partial charge >= 0.3 is 0 Å². The van der Waals surface area contributed by atoms with E-state index in [1.807, 2.05) is 6.07 Å². The van der Waals surface area contributed by atoms with Gasteiger partial charge in [0, 0.05) is 12.1 Å². The second kappa shape index (κ2) is 7.87. The van der Waals surface area contributed by atoms with Gasteiger partial charge in [-0.05, 0) is 43.5 Å². The average molecular weight is 389 g/mol. The molecule has 1 fully saturated rings. The number of hydrogen-bond acceptors (Lipinski definition) is 8. The van der Waals surface area contributed by atoms with Crippen LogP contribution < -0.4 is 15.2 Å². The number of anilines is 2. The molecule has 0 amide bonds. The van der Waals surface area contributed by atoms with Crippen LogP contribution in [0.3, 0.4) is 0 Å². The summed E-state index contributed by atoms with van der Waals surface area (Å²) in [6, 6.07) is 7.77. The van der Waals surface area contributed by atoms with Crippen LogP contribution >= 0.6 is 0 Å². The summed E-state index contributed by atoms with van der Waals surface area (Å²) < 4.78 is 28.4. The molecule has 0 bridgehead atoms. The molecule has 0 spiro atoms. The molecule has 9 nitrogen and oxygen atoms in total. The monoisotopic (exact) mass is 389 g/mol. The van der Waals surface area contributed by atoms with Gasteiger partial charge < -0.3 is 15.2 Å². The second-order valence-corrected chi connectivity index (χ2v) is 7.84. The first-order valence-electron chi connectivity index (χ1n) is 8.37. The molecule has 1 heterocycles. The lowest BCUT2D eigenvalue weighted by Crippen LogP contribution is -2.28. The first-order valence-corrected chi connectivity index (χ1v) is 9.91. The molecule has 1 aliphatic carbocycles. The molecule has 1 saturated carbocycles. The van der Waals surface area contributed by atoms with Gasteiger partial charge in [-0.3, -0.25) is 0 Å². The van der Waals surface area contributed by atoms with Crippen LogP contribution in [0.1, 0.15) is 31.2 Å². The number of nitrogens with one attached hydrogen (secondary N) is 1. The number of primary sulfonamides is 1. The van der Waals surface area contributed by atoms with E-state index in [0.717, 1.165) is 19.3 Å². The van der Waals surface area contributed by atoms with Crippen molar-refractivity contribution < 1.29 is 18.3 Å². The molecule has 0 saturated heterocycles. The van der Waals surface area contributed by atoms with E-state index >= 15 is 0 Å². The SMILES string of the molecule is N#Cc1cnc(Nc2ccc(S(N)(=O)=O)cc2)nc1O[C@@H]1CCC[C@@H](O)C1. The number of sulfonamides is 1. The molecular weight excluding hydrogens is 370 g/mol. The van der Waals surface area contributed by atoms with E-state index in [-0.39, 0.29) is 28.4 Å². The average Bonchev–Trinajstić information content (AvgIpc) is 2.62. The fraction of sp³-hybridized carbons (Fsp3) is 0.353. The Morgan fingerprint density at radius 2 is 2.04 bits per heavy atom. The number of nitrogens with zero attached hydrogens (tertiary/aromatic N) is 3. The van der Waals surface area contributed by atoms with Crippen LogP contribution in [0, 0.1) is 11.3 Å². The predicted octanol–water partition coefficient (Wildman–Crippen LogP) is 1.42. The number of hydrogen-bond donors (Lipinski definition) is 3. The highest BCUT2D eigenvalue weighted by Crippen LogP contribution is 2.26. The normalized spacial score (nSPS) is 19.9. The van der Waals surface area contributed by atoms with Crippen LogP contribution in [0.15, 0.2) is 35.4 Å². The molecule has 1 aromatic heterocycles. The standard InChI is InChI=1S/C17H19N5O4S/c18-9-11-10-20-17(21-12-4-6-15(7-5-12)27(19,24)25)22-16(11)26-14-3-1-2-13(23)8-14/h4-7,10,13-14,23H,1-3,8H2,(H2,19,24,25)(H,20,21,22)/t13-,14-/m1/s1. The zero-order valence-corrected chi connectivity index (χ0v) is 15.2. The fourth-order valence-electron chi connectivity index (χ4n) is 2.84. The molecule has 142 valence electrons. The molecule has 0 radical (unpaired) electrons. The third-order valence-corrected chi connectivity index (χ3v) is 5.12. The van der Waals surface area contributed by atoms with Crippen LogP contribution in [0.25, 0.3) is 0 Å². The summed E-state index contributed by atoms with van der Waals surface area (Å²) in [5.41, 5.74) is 0.747. The van der Waals surface area contributed by atoms with E-state index in [0.29, 0.717) is 12.1 Å². The third-order valence-electron chi connectivity index (χ3n) is 4.19. The Labute approximate surface area is 156 Å². The molecule has 10 heteroatoms. The Bertz CT molecular complexity index is 956. The molecule has 3 rings (SSSR count). The van der Waals surface area contributed by atoms with Crippen molar-refractivity contribution >= 4 is 21.7 Å². The highest BCUT2D eigenvalue weighted by molar-refractivity contribution is 7.89. The van der Waals surface area contributed by atoms with Gasteiger partial charge in [-0.2, -0.15) is 10.2 Å². The van der Waals surface area contributed by atoms with Gasteiger partial charge in [0.25, 0.3) is 0 Å². The quantitative estimate of drug-likeness (QED) is 0.694. The highest BCUT2D eigenvalue weighted by atomic mass is 32.2. The van der Waals surface area contributed by atoms with Crippen molar-refractivity contribution in [2.75, 3.05) is 5.32 Å². The van der Waals surface area contributed by atoms with E-state index in [2.05, 4.69) is 15.3 Å². The summed E-state index contributed by atoms with van der Waals surface area (Å²) in [6.07, 6.45) is 3.60. The molecule has 0 aliphatic heterocycles. The molecular formula is C17H19N5O4S. The molecule has 1 aliphatic rings. The summed E-state index contributed by atoms with van der Waals surface area (Å²) in [6.45, 7) is 0. The Hall–Kier alpha value is -2.74. The van der Waals surface area contributed by atoms with Gasteiger partial charge in [-0.25, -0.2) is 18.5 Å². The van der Waals surface area contributed by atoms with Crippen LogP contribution in [-0.4, -0.2) is 35.7 Å². The first-order chi connectivity index (χ1) is 12.8. The second-order valence-electron chi connectivity index (χ2n) is 6.28. The smallest absolute Gasteiger partial charge is 0.238 e. The summed E-state index contributed by atoms with van der Waals surface area (Å²) in [5.74, 6) is 0.346. The lowest BCUT2D eigenvalue weighted by molar-refractivity contribution is 0.0512. The van der Waals surface area contributed by atoms with E-state index in [4.69, 9.17) is 9.88 Å². The molecule has 0 unspecified atom stereocenters. The lowest BCUT2D eigenvalue weighted by Gasteiger charge is -2.26. The Balaban J connectivity index is 1.77. The fourth-order valence-corrected chi connectivity index (χ4v) is 3.35. The number of nitriles is 1. The van der Waals surface area contributed by atoms with Crippen molar-refractivity contribution in [1.82, 2.24) is 9.97 Å². The maximum absolute atomic E-state index is 11.3. The number of aliphatic hydroxyl groups excluding tert-OH is 1. The Morgan fingerprint density at radius 1 is 1.30 bits per heavy atom. The van der Waals surface area contributed by atoms with E-state index in [1.165, 1.54) is 30.5 Å². The van der Waals surface area contributed by atoms with Gasteiger partial charge in [0.15, 0.2) is 0 Å². The van der Waals surface area contributed by atoms with Crippen LogP contribution in [0.5, 0.6) is 5.88 Å². The number of aromatic nitrogens is 2. The van der Waals surface area contributed by atoms with Gasteiger partial charge in [-0.1, -0.05) is 0 Å². The number of benzene rings is 1. The van der Waals surface area contributed by atoms with E-state index < -0.39 is 16.1 Å². The van der Waals surface area contributed by atoms with Crippen LogP contribution in [0.4, 0.5) is 11.6 Å². The summed E-state index contributed by atoms with van der Waals surface area (Å²) in [5, 5.41) is 27.0. The van der Waals surface area contributed by atoms with Crippen molar-refractivity contribution in [1.29, 1.82) is 5.26 Å². The topological polar surface area (TPSA) is 151 Å². The Kier molecular flexibility index (Phi) is 5.55. The molecule has 1 aromatic carbocycles. The third kappa shape index (κ3) is 4.91. The zero-order chi connectivity index (χ0) is 19.4. The molecule has 4 N–H and O–H groups in total. The summed E-state index contributed by atoms with van der Waals surface area (Å²) in [4.78, 5) is 8.30. The predicted molar refractivity (Wildman–Crippen MR) is 96.7 cm³/mol. The van der Waals surface area contributed by atoms with E-state index in [9.17, 15) is 18.8 Å². The van der Waals surface area contributed by atoms with Crippen molar-refractivity contribution in [3.8, 4) is 11.9 Å². The first kappa shape index (κ1) is 19.0. The van der Waals surface area contributed by atoms with Crippen molar-refractivity contribution in [3.05, 3.63) is 36.0 Å².